The van der Waals surface area contributed by atoms with Crippen molar-refractivity contribution in [2.24, 2.45) is 0 Å². The van der Waals surface area contributed by atoms with Crippen molar-refractivity contribution in [1.82, 2.24) is 5.32 Å². The second-order valence-corrected chi connectivity index (χ2v) is 3.92. The van der Waals surface area contributed by atoms with E-state index in [-0.39, 0.29) is 12.6 Å². The molecule has 3 nitrogen and oxygen atoms in total. The van der Waals surface area contributed by atoms with Crippen molar-refractivity contribution in [2.45, 2.75) is 19.4 Å². The largest absolute Gasteiger partial charge is 0.497 e. The summed E-state index contributed by atoms with van der Waals surface area (Å²) < 4.78 is 33.5. The predicted octanol–water partition coefficient (Wildman–Crippen LogP) is 2.63. The maximum atomic E-state index is 11.8. The van der Waals surface area contributed by atoms with E-state index in [4.69, 9.17) is 9.47 Å². The van der Waals surface area contributed by atoms with Crippen LogP contribution in [0.1, 0.15) is 18.5 Å². The molecule has 0 amide bonds. The monoisotopic (exact) mass is 259 g/mol. The summed E-state index contributed by atoms with van der Waals surface area (Å²) in [5.74, 6) is 0.801. The number of methoxy groups -OCH3 is 1. The molecule has 0 aliphatic carbocycles. The first-order valence-electron chi connectivity index (χ1n) is 5.86. The van der Waals surface area contributed by atoms with Gasteiger partial charge in [0.1, 0.15) is 12.4 Å². The van der Waals surface area contributed by atoms with Crippen molar-refractivity contribution in [3.8, 4) is 5.75 Å². The third-order valence-electron chi connectivity index (χ3n) is 2.53. The van der Waals surface area contributed by atoms with Gasteiger partial charge in [-0.1, -0.05) is 12.1 Å². The first kappa shape index (κ1) is 14.9. The lowest BCUT2D eigenvalue weighted by Crippen LogP contribution is -2.24. The third-order valence-corrected chi connectivity index (χ3v) is 2.53. The Morgan fingerprint density at radius 3 is 2.78 bits per heavy atom. The van der Waals surface area contributed by atoms with E-state index in [9.17, 15) is 8.78 Å². The van der Waals surface area contributed by atoms with Gasteiger partial charge in [-0.2, -0.15) is 0 Å². The molecule has 0 radical (unpaired) electrons. The fraction of sp³-hybridized carbons (Fsp3) is 0.538. The molecule has 0 aliphatic rings. The molecule has 1 rings (SSSR count). The van der Waals surface area contributed by atoms with Gasteiger partial charge in [0.05, 0.1) is 13.7 Å². The highest BCUT2D eigenvalue weighted by Gasteiger charge is 2.06. The molecular weight excluding hydrogens is 240 g/mol. The van der Waals surface area contributed by atoms with Gasteiger partial charge in [-0.15, -0.1) is 0 Å². The molecule has 0 aliphatic heterocycles. The molecule has 0 spiro atoms. The van der Waals surface area contributed by atoms with Crippen LogP contribution in [0.15, 0.2) is 24.3 Å². The molecule has 1 aromatic rings. The number of nitrogens with one attached hydrogen (secondary N) is 1. The second-order valence-electron chi connectivity index (χ2n) is 3.92. The SMILES string of the molecule is COc1cccc(C(C)NCCOCC(F)F)c1. The number of benzene rings is 1. The van der Waals surface area contributed by atoms with Crippen LogP contribution in [-0.2, 0) is 4.74 Å². The van der Waals surface area contributed by atoms with E-state index in [1.54, 1.807) is 7.11 Å². The Morgan fingerprint density at radius 1 is 1.33 bits per heavy atom. The van der Waals surface area contributed by atoms with Crippen LogP contribution in [0.2, 0.25) is 0 Å². The van der Waals surface area contributed by atoms with Gasteiger partial charge in [0.2, 0.25) is 0 Å². The summed E-state index contributed by atoms with van der Waals surface area (Å²) in [5, 5.41) is 3.20. The first-order valence-corrected chi connectivity index (χ1v) is 5.86. The normalized spacial score (nSPS) is 12.7. The first-order chi connectivity index (χ1) is 8.63. The molecule has 0 saturated heterocycles. The highest BCUT2D eigenvalue weighted by molar-refractivity contribution is 5.30. The summed E-state index contributed by atoms with van der Waals surface area (Å²) in [4.78, 5) is 0. The van der Waals surface area contributed by atoms with E-state index < -0.39 is 13.0 Å². The zero-order chi connectivity index (χ0) is 13.4. The molecule has 1 unspecified atom stereocenters. The van der Waals surface area contributed by atoms with Crippen molar-refractivity contribution in [3.05, 3.63) is 29.8 Å². The molecule has 0 aromatic heterocycles. The standard InChI is InChI=1S/C13H19F2NO2/c1-10(16-6-7-18-9-13(14)15)11-4-3-5-12(8-11)17-2/h3-5,8,10,13,16H,6-7,9H2,1-2H3. The van der Waals surface area contributed by atoms with E-state index >= 15 is 0 Å². The molecule has 0 bridgehead atoms. The number of hydrogen-bond acceptors (Lipinski definition) is 3. The Hall–Kier alpha value is -1.20. The molecule has 102 valence electrons. The average molecular weight is 259 g/mol. The van der Waals surface area contributed by atoms with Gasteiger partial charge in [-0.05, 0) is 24.6 Å². The Morgan fingerprint density at radius 2 is 2.11 bits per heavy atom. The minimum absolute atomic E-state index is 0.121. The maximum absolute atomic E-state index is 11.8. The van der Waals surface area contributed by atoms with Crippen LogP contribution in [0.3, 0.4) is 0 Å². The molecule has 1 N–H and O–H groups in total. The summed E-state index contributed by atoms with van der Waals surface area (Å²) in [5.41, 5.74) is 1.09. The van der Waals surface area contributed by atoms with Crippen molar-refractivity contribution < 1.29 is 18.3 Å². The number of hydrogen-bond donors (Lipinski definition) is 1. The lowest BCUT2D eigenvalue weighted by atomic mass is 10.1. The van der Waals surface area contributed by atoms with Gasteiger partial charge in [-0.25, -0.2) is 8.78 Å². The number of alkyl halides is 2. The zero-order valence-corrected chi connectivity index (χ0v) is 10.7. The number of rotatable bonds is 8. The van der Waals surface area contributed by atoms with Crippen LogP contribution in [0, 0.1) is 0 Å². The van der Waals surface area contributed by atoms with Crippen LogP contribution >= 0.6 is 0 Å². The lowest BCUT2D eigenvalue weighted by molar-refractivity contribution is 0.0183. The van der Waals surface area contributed by atoms with Gasteiger partial charge < -0.3 is 14.8 Å². The topological polar surface area (TPSA) is 30.5 Å². The molecular formula is C13H19F2NO2. The summed E-state index contributed by atoms with van der Waals surface area (Å²) in [6, 6.07) is 7.84. The van der Waals surface area contributed by atoms with Crippen molar-refractivity contribution in [1.29, 1.82) is 0 Å². The minimum Gasteiger partial charge on any atom is -0.497 e. The van der Waals surface area contributed by atoms with Crippen LogP contribution in [0.25, 0.3) is 0 Å². The molecule has 0 heterocycles. The Balaban J connectivity index is 2.29. The van der Waals surface area contributed by atoms with Gasteiger partial charge in [0, 0.05) is 12.6 Å². The van der Waals surface area contributed by atoms with E-state index in [0.717, 1.165) is 11.3 Å². The Kier molecular flexibility index (Phi) is 6.60. The van der Waals surface area contributed by atoms with E-state index in [1.807, 2.05) is 31.2 Å². The number of halogens is 2. The van der Waals surface area contributed by atoms with Crippen molar-refractivity contribution >= 4 is 0 Å². The summed E-state index contributed by atoms with van der Waals surface area (Å²) in [6.07, 6.45) is -2.40. The Bertz CT molecular complexity index is 348. The van der Waals surface area contributed by atoms with Crippen LogP contribution in [0.4, 0.5) is 8.78 Å². The summed E-state index contributed by atoms with van der Waals surface area (Å²) >= 11 is 0. The fourth-order valence-corrected chi connectivity index (χ4v) is 1.55. The summed E-state index contributed by atoms with van der Waals surface area (Å²) in [6.45, 7) is 2.31. The van der Waals surface area contributed by atoms with Crippen LogP contribution < -0.4 is 10.1 Å². The smallest absolute Gasteiger partial charge is 0.261 e. The van der Waals surface area contributed by atoms with Crippen LogP contribution in [0.5, 0.6) is 5.75 Å². The Labute approximate surface area is 106 Å². The molecule has 0 fully saturated rings. The highest BCUT2D eigenvalue weighted by atomic mass is 19.3. The van der Waals surface area contributed by atoms with E-state index in [1.165, 1.54) is 0 Å². The molecule has 5 heteroatoms. The third kappa shape index (κ3) is 5.42. The van der Waals surface area contributed by atoms with Gasteiger partial charge >= 0.3 is 0 Å². The maximum Gasteiger partial charge on any atom is 0.261 e. The zero-order valence-electron chi connectivity index (χ0n) is 10.7. The quantitative estimate of drug-likeness (QED) is 0.728. The lowest BCUT2D eigenvalue weighted by Gasteiger charge is -2.15. The molecule has 0 saturated carbocycles. The van der Waals surface area contributed by atoms with Gasteiger partial charge in [-0.3, -0.25) is 0 Å². The van der Waals surface area contributed by atoms with Crippen LogP contribution in [-0.4, -0.2) is 33.3 Å². The van der Waals surface area contributed by atoms with Gasteiger partial charge in [0.25, 0.3) is 6.43 Å². The molecule has 1 atom stereocenters. The minimum atomic E-state index is -2.40. The van der Waals surface area contributed by atoms with E-state index in [0.29, 0.717) is 6.54 Å². The average Bonchev–Trinajstić information content (AvgIpc) is 2.37. The number of ether oxygens (including phenoxy) is 2. The van der Waals surface area contributed by atoms with E-state index in [2.05, 4.69) is 5.32 Å². The highest BCUT2D eigenvalue weighted by Crippen LogP contribution is 2.18. The second kappa shape index (κ2) is 8.00. The predicted molar refractivity (Wildman–Crippen MR) is 66.2 cm³/mol. The van der Waals surface area contributed by atoms with Gasteiger partial charge in [0.15, 0.2) is 0 Å². The fourth-order valence-electron chi connectivity index (χ4n) is 1.55. The molecule has 1 aromatic carbocycles. The summed E-state index contributed by atoms with van der Waals surface area (Å²) in [7, 11) is 1.62. The van der Waals surface area contributed by atoms with Crippen molar-refractivity contribution in [3.63, 3.8) is 0 Å². The molecule has 18 heavy (non-hydrogen) atoms. The van der Waals surface area contributed by atoms with Crippen molar-refractivity contribution in [2.75, 3.05) is 26.9 Å².